The van der Waals surface area contributed by atoms with Gasteiger partial charge in [-0.05, 0) is 31.9 Å². The molecule has 0 atom stereocenters. The van der Waals surface area contributed by atoms with Crippen LogP contribution in [0.15, 0.2) is 18.2 Å². The van der Waals surface area contributed by atoms with E-state index in [0.717, 1.165) is 11.1 Å². The van der Waals surface area contributed by atoms with Crippen LogP contribution in [-0.4, -0.2) is 11.6 Å². The highest BCUT2D eigenvalue weighted by molar-refractivity contribution is 6.08. The number of rotatable bonds is 3. The van der Waals surface area contributed by atoms with E-state index in [2.05, 4.69) is 0 Å². The van der Waals surface area contributed by atoms with Gasteiger partial charge in [-0.2, -0.15) is 0 Å². The summed E-state index contributed by atoms with van der Waals surface area (Å²) in [4.78, 5) is 22.4. The standard InChI is InChI=1S/C12H14O2/c1-8-5-4-6-11(10(8)3)12(14)7-9(2)13/h4-6H,7H2,1-3H3. The quantitative estimate of drug-likeness (QED) is 0.542. The van der Waals surface area contributed by atoms with Crippen LogP contribution in [0.4, 0.5) is 0 Å². The van der Waals surface area contributed by atoms with Crippen LogP contribution >= 0.6 is 0 Å². The minimum atomic E-state index is -0.0871. The lowest BCUT2D eigenvalue weighted by Gasteiger charge is -2.05. The lowest BCUT2D eigenvalue weighted by molar-refractivity contribution is -0.116. The van der Waals surface area contributed by atoms with Crippen LogP contribution in [-0.2, 0) is 4.79 Å². The highest BCUT2D eigenvalue weighted by atomic mass is 16.1. The Balaban J connectivity index is 3.01. The summed E-state index contributed by atoms with van der Waals surface area (Å²) in [6, 6.07) is 5.57. The summed E-state index contributed by atoms with van der Waals surface area (Å²) in [6.45, 7) is 5.30. The first-order valence-electron chi connectivity index (χ1n) is 4.61. The fourth-order valence-electron chi connectivity index (χ4n) is 1.37. The summed E-state index contributed by atoms with van der Waals surface area (Å²) >= 11 is 0. The monoisotopic (exact) mass is 190 g/mol. The van der Waals surface area contributed by atoms with Gasteiger partial charge in [0.2, 0.25) is 0 Å². The van der Waals surface area contributed by atoms with Crippen molar-refractivity contribution in [3.05, 3.63) is 34.9 Å². The Morgan fingerprint density at radius 3 is 2.43 bits per heavy atom. The van der Waals surface area contributed by atoms with Gasteiger partial charge in [0.05, 0.1) is 6.42 Å². The molecule has 74 valence electrons. The summed E-state index contributed by atoms with van der Waals surface area (Å²) in [5.74, 6) is -0.172. The molecule has 0 bridgehead atoms. The van der Waals surface area contributed by atoms with Gasteiger partial charge in [-0.3, -0.25) is 9.59 Å². The Bertz CT molecular complexity index is 378. The highest BCUT2D eigenvalue weighted by Gasteiger charge is 2.11. The maximum absolute atomic E-state index is 11.6. The molecule has 1 aromatic rings. The van der Waals surface area contributed by atoms with E-state index in [0.29, 0.717) is 5.56 Å². The first kappa shape index (κ1) is 10.6. The molecule has 0 N–H and O–H groups in total. The van der Waals surface area contributed by atoms with Crippen LogP contribution in [0.2, 0.25) is 0 Å². The van der Waals surface area contributed by atoms with E-state index in [4.69, 9.17) is 0 Å². The number of aryl methyl sites for hydroxylation is 1. The Hall–Kier alpha value is -1.44. The third kappa shape index (κ3) is 2.28. The molecule has 0 aliphatic heterocycles. The van der Waals surface area contributed by atoms with Crippen molar-refractivity contribution in [2.75, 3.05) is 0 Å². The second kappa shape index (κ2) is 4.18. The Labute approximate surface area is 83.9 Å². The predicted molar refractivity (Wildman–Crippen MR) is 55.5 cm³/mol. The molecule has 0 unspecified atom stereocenters. The van der Waals surface area contributed by atoms with Gasteiger partial charge >= 0.3 is 0 Å². The van der Waals surface area contributed by atoms with Crippen molar-refractivity contribution < 1.29 is 9.59 Å². The minimum absolute atomic E-state index is 0.00426. The van der Waals surface area contributed by atoms with Gasteiger partial charge in [-0.25, -0.2) is 0 Å². The normalized spacial score (nSPS) is 9.93. The summed E-state index contributed by atoms with van der Waals surface area (Å²) in [5, 5.41) is 0. The van der Waals surface area contributed by atoms with Crippen molar-refractivity contribution >= 4 is 11.6 Å². The average molecular weight is 190 g/mol. The van der Waals surface area contributed by atoms with Crippen LogP contribution in [0.1, 0.15) is 34.8 Å². The molecule has 0 saturated carbocycles. The van der Waals surface area contributed by atoms with E-state index < -0.39 is 0 Å². The molecule has 1 aromatic carbocycles. The number of ketones is 2. The van der Waals surface area contributed by atoms with Gasteiger partial charge < -0.3 is 0 Å². The smallest absolute Gasteiger partial charge is 0.170 e. The van der Waals surface area contributed by atoms with E-state index in [-0.39, 0.29) is 18.0 Å². The Morgan fingerprint density at radius 2 is 1.86 bits per heavy atom. The molecular weight excluding hydrogens is 176 g/mol. The number of Topliss-reactive ketones (excluding diaryl/α,β-unsaturated/α-hetero) is 2. The maximum atomic E-state index is 11.6. The van der Waals surface area contributed by atoms with E-state index >= 15 is 0 Å². The number of carbonyl (C=O) groups is 2. The van der Waals surface area contributed by atoms with Gasteiger partial charge in [0.1, 0.15) is 5.78 Å². The number of hydrogen-bond acceptors (Lipinski definition) is 2. The first-order valence-corrected chi connectivity index (χ1v) is 4.61. The van der Waals surface area contributed by atoms with Gasteiger partial charge in [-0.1, -0.05) is 18.2 Å². The number of hydrogen-bond donors (Lipinski definition) is 0. The lowest BCUT2D eigenvalue weighted by Crippen LogP contribution is -2.07. The van der Waals surface area contributed by atoms with Crippen molar-refractivity contribution in [1.82, 2.24) is 0 Å². The van der Waals surface area contributed by atoms with Crippen LogP contribution < -0.4 is 0 Å². The molecule has 0 radical (unpaired) electrons. The van der Waals surface area contributed by atoms with Crippen LogP contribution in [0.25, 0.3) is 0 Å². The van der Waals surface area contributed by atoms with E-state index in [1.807, 2.05) is 26.0 Å². The molecule has 1 rings (SSSR count). The largest absolute Gasteiger partial charge is 0.300 e. The SMILES string of the molecule is CC(=O)CC(=O)c1cccc(C)c1C. The topological polar surface area (TPSA) is 34.1 Å². The zero-order valence-electron chi connectivity index (χ0n) is 8.76. The fraction of sp³-hybridized carbons (Fsp3) is 0.333. The molecular formula is C12H14O2. The number of benzene rings is 1. The lowest BCUT2D eigenvalue weighted by atomic mass is 9.98. The summed E-state index contributed by atoms with van der Waals surface area (Å²) in [5.41, 5.74) is 2.72. The summed E-state index contributed by atoms with van der Waals surface area (Å²) < 4.78 is 0. The summed E-state index contributed by atoms with van der Waals surface area (Å²) in [6.07, 6.45) is 0.00426. The average Bonchev–Trinajstić information content (AvgIpc) is 2.08. The molecule has 2 heteroatoms. The van der Waals surface area contributed by atoms with Crippen molar-refractivity contribution in [2.45, 2.75) is 27.2 Å². The van der Waals surface area contributed by atoms with E-state index in [9.17, 15) is 9.59 Å². The van der Waals surface area contributed by atoms with Gasteiger partial charge in [0, 0.05) is 5.56 Å². The second-order valence-electron chi connectivity index (χ2n) is 3.55. The third-order valence-corrected chi connectivity index (χ3v) is 2.31. The minimum Gasteiger partial charge on any atom is -0.300 e. The van der Waals surface area contributed by atoms with Crippen molar-refractivity contribution in [3.8, 4) is 0 Å². The maximum Gasteiger partial charge on any atom is 0.170 e. The highest BCUT2D eigenvalue weighted by Crippen LogP contribution is 2.14. The zero-order valence-corrected chi connectivity index (χ0v) is 8.76. The Kier molecular flexibility index (Phi) is 3.18. The van der Waals surface area contributed by atoms with Crippen molar-refractivity contribution in [2.24, 2.45) is 0 Å². The van der Waals surface area contributed by atoms with E-state index in [1.54, 1.807) is 6.07 Å². The molecule has 14 heavy (non-hydrogen) atoms. The van der Waals surface area contributed by atoms with Gasteiger partial charge in [-0.15, -0.1) is 0 Å². The molecule has 0 aliphatic rings. The number of carbonyl (C=O) groups excluding carboxylic acids is 2. The first-order chi connectivity index (χ1) is 6.52. The molecule has 0 heterocycles. The van der Waals surface area contributed by atoms with Gasteiger partial charge in [0.15, 0.2) is 5.78 Å². The summed E-state index contributed by atoms with van der Waals surface area (Å²) in [7, 11) is 0. The predicted octanol–water partition coefficient (Wildman–Crippen LogP) is 2.47. The molecule has 0 saturated heterocycles. The van der Waals surface area contributed by atoms with Crippen molar-refractivity contribution in [1.29, 1.82) is 0 Å². The molecule has 0 aromatic heterocycles. The zero-order chi connectivity index (χ0) is 10.7. The fourth-order valence-corrected chi connectivity index (χ4v) is 1.37. The van der Waals surface area contributed by atoms with Crippen LogP contribution in [0.3, 0.4) is 0 Å². The second-order valence-corrected chi connectivity index (χ2v) is 3.55. The molecule has 0 fully saturated rings. The molecule has 0 spiro atoms. The van der Waals surface area contributed by atoms with E-state index in [1.165, 1.54) is 6.92 Å². The Morgan fingerprint density at radius 1 is 1.21 bits per heavy atom. The molecule has 0 amide bonds. The third-order valence-electron chi connectivity index (χ3n) is 2.31. The van der Waals surface area contributed by atoms with Crippen LogP contribution in [0.5, 0.6) is 0 Å². The van der Waals surface area contributed by atoms with Crippen molar-refractivity contribution in [3.63, 3.8) is 0 Å². The van der Waals surface area contributed by atoms with Crippen LogP contribution in [0, 0.1) is 13.8 Å². The molecule has 2 nitrogen and oxygen atoms in total. The van der Waals surface area contributed by atoms with Gasteiger partial charge in [0.25, 0.3) is 0 Å². The molecule has 0 aliphatic carbocycles.